The van der Waals surface area contributed by atoms with E-state index in [4.69, 9.17) is 9.47 Å². The molecule has 0 bridgehead atoms. The number of carbonyl (C=O) groups excluding carboxylic acids is 1. The van der Waals surface area contributed by atoms with E-state index in [9.17, 15) is 4.79 Å². The smallest absolute Gasteiger partial charge is 0.410 e. The van der Waals surface area contributed by atoms with E-state index in [-0.39, 0.29) is 11.7 Å². The zero-order chi connectivity index (χ0) is 16.2. The van der Waals surface area contributed by atoms with Crippen molar-refractivity contribution < 1.29 is 14.3 Å². The summed E-state index contributed by atoms with van der Waals surface area (Å²) in [6.07, 6.45) is 6.96. The van der Waals surface area contributed by atoms with Crippen molar-refractivity contribution in [3.63, 3.8) is 0 Å². The van der Waals surface area contributed by atoms with Crippen molar-refractivity contribution in [3.8, 4) is 0 Å². The van der Waals surface area contributed by atoms with E-state index < -0.39 is 5.60 Å². The molecule has 0 radical (unpaired) electrons. The van der Waals surface area contributed by atoms with Gasteiger partial charge in [0, 0.05) is 18.5 Å². The van der Waals surface area contributed by atoms with E-state index in [1.165, 1.54) is 19.3 Å². The Hall–Kier alpha value is -0.290. The number of ether oxygens (including phenoxy) is 2. The highest BCUT2D eigenvalue weighted by Crippen LogP contribution is 2.34. The molecule has 1 unspecified atom stereocenters. The summed E-state index contributed by atoms with van der Waals surface area (Å²) in [5.41, 5.74) is -0.699. The monoisotopic (exact) mass is 375 g/mol. The van der Waals surface area contributed by atoms with Gasteiger partial charge in [-0.25, -0.2) is 4.79 Å². The number of hydrogen-bond acceptors (Lipinski definition) is 3. The number of amides is 1. The highest BCUT2D eigenvalue weighted by molar-refractivity contribution is 9.09. The first-order valence-electron chi connectivity index (χ1n) is 8.51. The maximum Gasteiger partial charge on any atom is 0.410 e. The van der Waals surface area contributed by atoms with Crippen LogP contribution in [0.1, 0.15) is 59.3 Å². The van der Waals surface area contributed by atoms with E-state index in [1.807, 2.05) is 20.8 Å². The van der Waals surface area contributed by atoms with Gasteiger partial charge in [0.15, 0.2) is 0 Å². The minimum absolute atomic E-state index is 0.223. The molecule has 5 heteroatoms. The molecule has 0 aromatic carbocycles. The van der Waals surface area contributed by atoms with E-state index in [1.54, 1.807) is 4.90 Å². The number of alkyl halides is 1. The van der Waals surface area contributed by atoms with E-state index in [0.717, 1.165) is 43.7 Å². The van der Waals surface area contributed by atoms with Crippen molar-refractivity contribution in [3.05, 3.63) is 0 Å². The zero-order valence-corrected chi connectivity index (χ0v) is 15.8. The van der Waals surface area contributed by atoms with Gasteiger partial charge in [0.05, 0.1) is 12.1 Å². The molecule has 2 fully saturated rings. The second kappa shape index (κ2) is 7.52. The average Bonchev–Trinajstić information content (AvgIpc) is 3.26. The molecule has 1 atom stereocenters. The number of rotatable bonds is 6. The van der Waals surface area contributed by atoms with Crippen LogP contribution < -0.4 is 0 Å². The van der Waals surface area contributed by atoms with Gasteiger partial charge in [-0.05, 0) is 52.4 Å². The molecule has 0 aromatic heterocycles. The number of likely N-dealkylation sites (tertiary alicyclic amines) is 1. The van der Waals surface area contributed by atoms with Gasteiger partial charge in [-0.15, -0.1) is 0 Å². The van der Waals surface area contributed by atoms with Crippen LogP contribution in [0.4, 0.5) is 4.79 Å². The first-order valence-corrected chi connectivity index (χ1v) is 9.64. The normalized spacial score (nSPS) is 26.1. The second-order valence-corrected chi connectivity index (χ2v) is 8.32. The van der Waals surface area contributed by atoms with Crippen LogP contribution in [-0.4, -0.2) is 47.2 Å². The van der Waals surface area contributed by atoms with E-state index >= 15 is 0 Å². The summed E-state index contributed by atoms with van der Waals surface area (Å²) in [5, 5.41) is 0.767. The average molecular weight is 376 g/mol. The lowest BCUT2D eigenvalue weighted by Gasteiger charge is -2.42. The van der Waals surface area contributed by atoms with Crippen molar-refractivity contribution in [2.24, 2.45) is 5.92 Å². The quantitative estimate of drug-likeness (QED) is 0.511. The molecule has 4 nitrogen and oxygen atoms in total. The summed E-state index contributed by atoms with van der Waals surface area (Å²) in [6, 6.07) is 0. The first-order chi connectivity index (χ1) is 10.3. The van der Waals surface area contributed by atoms with Gasteiger partial charge in [-0.2, -0.15) is 0 Å². The number of piperidine rings is 1. The summed E-state index contributed by atoms with van der Waals surface area (Å²) in [4.78, 5) is 14.1. The molecule has 0 aromatic rings. The minimum atomic E-state index is -0.448. The van der Waals surface area contributed by atoms with E-state index in [2.05, 4.69) is 15.9 Å². The Morgan fingerprint density at radius 1 is 1.36 bits per heavy atom. The van der Waals surface area contributed by atoms with E-state index in [0.29, 0.717) is 6.54 Å². The molecule has 1 amide bonds. The van der Waals surface area contributed by atoms with Crippen molar-refractivity contribution in [1.82, 2.24) is 4.90 Å². The fourth-order valence-corrected chi connectivity index (χ4v) is 3.53. The zero-order valence-electron chi connectivity index (χ0n) is 14.2. The molecular weight excluding hydrogens is 346 g/mol. The molecule has 0 spiro atoms. The lowest BCUT2D eigenvalue weighted by molar-refractivity contribution is -0.0770. The van der Waals surface area contributed by atoms with Gasteiger partial charge in [0.2, 0.25) is 0 Å². The van der Waals surface area contributed by atoms with Crippen LogP contribution in [-0.2, 0) is 9.47 Å². The number of carbonyl (C=O) groups is 1. The van der Waals surface area contributed by atoms with Crippen LogP contribution >= 0.6 is 15.9 Å². The van der Waals surface area contributed by atoms with Crippen molar-refractivity contribution in [1.29, 1.82) is 0 Å². The molecule has 0 N–H and O–H groups in total. The Labute approximate surface area is 143 Å². The molecule has 128 valence electrons. The molecule has 1 saturated carbocycles. The number of halogens is 1. The predicted octanol–water partition coefficient (Wildman–Crippen LogP) is 4.36. The summed E-state index contributed by atoms with van der Waals surface area (Å²) in [6.45, 7) is 7.89. The maximum atomic E-state index is 12.3. The number of hydrogen-bond donors (Lipinski definition) is 0. The SMILES string of the molecule is CC(C)(C)OC(=O)N1CCCC(CBr)(OCCCC2CC2)C1. The van der Waals surface area contributed by atoms with Crippen LogP contribution in [0.25, 0.3) is 0 Å². The maximum absolute atomic E-state index is 12.3. The third-order valence-corrected chi connectivity index (χ3v) is 5.32. The summed E-state index contributed by atoms with van der Waals surface area (Å²) in [7, 11) is 0. The molecule has 1 saturated heterocycles. The van der Waals surface area contributed by atoms with Crippen molar-refractivity contribution >= 4 is 22.0 Å². The summed E-state index contributed by atoms with van der Waals surface area (Å²) < 4.78 is 11.7. The van der Waals surface area contributed by atoms with Crippen LogP contribution in [0.3, 0.4) is 0 Å². The van der Waals surface area contributed by atoms with Gasteiger partial charge in [-0.3, -0.25) is 0 Å². The van der Waals surface area contributed by atoms with Crippen LogP contribution in [0, 0.1) is 5.92 Å². The lowest BCUT2D eigenvalue weighted by Crippen LogP contribution is -2.54. The standard InChI is InChI=1S/C17H30BrNO3/c1-16(2,3)22-15(20)19-10-5-9-17(12-18,13-19)21-11-4-6-14-7-8-14/h14H,4-13H2,1-3H3. The van der Waals surface area contributed by atoms with Crippen LogP contribution in [0.15, 0.2) is 0 Å². The Morgan fingerprint density at radius 3 is 2.68 bits per heavy atom. The molecule has 22 heavy (non-hydrogen) atoms. The minimum Gasteiger partial charge on any atom is -0.444 e. The highest BCUT2D eigenvalue weighted by Gasteiger charge is 2.38. The molecular formula is C17H30BrNO3. The fourth-order valence-electron chi connectivity index (χ4n) is 2.91. The van der Waals surface area contributed by atoms with Crippen LogP contribution in [0.2, 0.25) is 0 Å². The largest absolute Gasteiger partial charge is 0.444 e. The van der Waals surface area contributed by atoms with Crippen molar-refractivity contribution in [2.45, 2.75) is 70.5 Å². The lowest BCUT2D eigenvalue weighted by atomic mass is 9.95. The predicted molar refractivity (Wildman–Crippen MR) is 91.5 cm³/mol. The molecule has 1 aliphatic carbocycles. The van der Waals surface area contributed by atoms with Gasteiger partial charge >= 0.3 is 6.09 Å². The Kier molecular flexibility index (Phi) is 6.17. The third kappa shape index (κ3) is 5.73. The Balaban J connectivity index is 1.83. The van der Waals surface area contributed by atoms with Gasteiger partial charge < -0.3 is 14.4 Å². The van der Waals surface area contributed by atoms with Crippen molar-refractivity contribution in [2.75, 3.05) is 25.0 Å². The summed E-state index contributed by atoms with van der Waals surface area (Å²) >= 11 is 3.60. The Morgan fingerprint density at radius 2 is 2.09 bits per heavy atom. The van der Waals surface area contributed by atoms with Crippen LogP contribution in [0.5, 0.6) is 0 Å². The highest BCUT2D eigenvalue weighted by atomic mass is 79.9. The topological polar surface area (TPSA) is 38.8 Å². The first kappa shape index (κ1) is 18.1. The number of nitrogens with zero attached hydrogens (tertiary/aromatic N) is 1. The van der Waals surface area contributed by atoms with Gasteiger partial charge in [-0.1, -0.05) is 28.8 Å². The Bertz CT molecular complexity index is 379. The molecule has 2 rings (SSSR count). The second-order valence-electron chi connectivity index (χ2n) is 7.76. The summed E-state index contributed by atoms with van der Waals surface area (Å²) in [5.74, 6) is 0.952. The molecule has 1 heterocycles. The fraction of sp³-hybridized carbons (Fsp3) is 0.941. The van der Waals surface area contributed by atoms with Gasteiger partial charge in [0.25, 0.3) is 0 Å². The molecule has 1 aliphatic heterocycles. The third-order valence-electron chi connectivity index (χ3n) is 4.30. The molecule has 2 aliphatic rings. The van der Waals surface area contributed by atoms with Gasteiger partial charge in [0.1, 0.15) is 5.60 Å².